The lowest BCUT2D eigenvalue weighted by Gasteiger charge is -2.34. The van der Waals surface area contributed by atoms with E-state index in [2.05, 4.69) is 48.2 Å². The summed E-state index contributed by atoms with van der Waals surface area (Å²) in [5.41, 5.74) is 8.44. The largest absolute Gasteiger partial charge is 0.372 e. The Morgan fingerprint density at radius 2 is 1.79 bits per heavy atom. The van der Waals surface area contributed by atoms with Gasteiger partial charge in [0.2, 0.25) is 0 Å². The Hall–Kier alpha value is -1.06. The van der Waals surface area contributed by atoms with Crippen LogP contribution in [0.25, 0.3) is 0 Å². The summed E-state index contributed by atoms with van der Waals surface area (Å²) < 4.78 is 0. The lowest BCUT2D eigenvalue weighted by Crippen LogP contribution is -2.37. The number of nitrogens with two attached hydrogens (primary N) is 1. The number of hydrogen-bond acceptors (Lipinski definition) is 3. The van der Waals surface area contributed by atoms with Crippen molar-refractivity contribution >= 4 is 5.69 Å². The Kier molecular flexibility index (Phi) is 4.83. The summed E-state index contributed by atoms with van der Waals surface area (Å²) in [5.74, 6) is 0.856. The number of hydrogen-bond donors (Lipinski definition) is 1. The third-order valence-corrected chi connectivity index (χ3v) is 4.02. The molecule has 3 heteroatoms. The number of benzene rings is 1. The molecule has 1 atom stereocenters. The van der Waals surface area contributed by atoms with Crippen molar-refractivity contribution in [2.24, 2.45) is 11.7 Å². The van der Waals surface area contributed by atoms with Crippen molar-refractivity contribution in [2.45, 2.75) is 25.8 Å². The summed E-state index contributed by atoms with van der Waals surface area (Å²) in [6.45, 7) is 5.60. The van der Waals surface area contributed by atoms with Gasteiger partial charge in [0, 0.05) is 31.4 Å². The zero-order valence-corrected chi connectivity index (χ0v) is 12.5. The number of nitrogens with zero attached hydrogens (tertiary/aromatic N) is 2. The average molecular weight is 261 g/mol. The smallest absolute Gasteiger partial charge is 0.0366 e. The first-order valence-electron chi connectivity index (χ1n) is 7.31. The number of anilines is 1. The molecule has 3 nitrogen and oxygen atoms in total. The number of piperidine rings is 1. The van der Waals surface area contributed by atoms with Crippen LogP contribution >= 0.6 is 0 Å². The van der Waals surface area contributed by atoms with E-state index >= 15 is 0 Å². The molecule has 0 saturated carbocycles. The summed E-state index contributed by atoms with van der Waals surface area (Å²) in [6, 6.07) is 8.87. The molecular weight excluding hydrogens is 234 g/mol. The lowest BCUT2D eigenvalue weighted by atomic mass is 9.96. The van der Waals surface area contributed by atoms with Gasteiger partial charge in [0.1, 0.15) is 0 Å². The van der Waals surface area contributed by atoms with Crippen LogP contribution < -0.4 is 10.6 Å². The van der Waals surface area contributed by atoms with Crippen LogP contribution in [0.15, 0.2) is 24.3 Å². The Morgan fingerprint density at radius 1 is 1.21 bits per heavy atom. The second kappa shape index (κ2) is 6.40. The van der Waals surface area contributed by atoms with Crippen LogP contribution in [-0.2, 0) is 0 Å². The van der Waals surface area contributed by atoms with Crippen LogP contribution in [0, 0.1) is 5.92 Å². The maximum Gasteiger partial charge on any atom is 0.0366 e. The summed E-state index contributed by atoms with van der Waals surface area (Å²) >= 11 is 0. The minimum atomic E-state index is 0.125. The molecule has 0 aliphatic carbocycles. The van der Waals surface area contributed by atoms with Gasteiger partial charge >= 0.3 is 0 Å². The Bertz CT molecular complexity index is 375. The van der Waals surface area contributed by atoms with Gasteiger partial charge in [-0.2, -0.15) is 0 Å². The van der Waals surface area contributed by atoms with E-state index in [4.69, 9.17) is 5.73 Å². The van der Waals surface area contributed by atoms with Crippen molar-refractivity contribution in [3.8, 4) is 0 Å². The first kappa shape index (κ1) is 14.4. The second-order valence-corrected chi connectivity index (χ2v) is 6.07. The van der Waals surface area contributed by atoms with Crippen LogP contribution in [0.2, 0.25) is 0 Å². The van der Waals surface area contributed by atoms with Gasteiger partial charge in [0.15, 0.2) is 0 Å². The van der Waals surface area contributed by atoms with E-state index in [0.29, 0.717) is 0 Å². The zero-order chi connectivity index (χ0) is 13.8. The van der Waals surface area contributed by atoms with E-state index in [1.807, 2.05) is 6.92 Å². The standard InChI is InChI=1S/C16H27N3/c1-13(17)15-4-6-16(7-5-15)19-10-8-14(9-11-19)12-18(2)3/h4-7,13-14H,8-12,17H2,1-3H3. The fourth-order valence-corrected chi connectivity index (χ4v) is 2.88. The topological polar surface area (TPSA) is 32.5 Å². The molecular formula is C16H27N3. The van der Waals surface area contributed by atoms with E-state index in [9.17, 15) is 0 Å². The molecule has 1 fully saturated rings. The van der Waals surface area contributed by atoms with Crippen LogP contribution in [0.5, 0.6) is 0 Å². The second-order valence-electron chi connectivity index (χ2n) is 6.07. The first-order valence-corrected chi connectivity index (χ1v) is 7.31. The summed E-state index contributed by atoms with van der Waals surface area (Å²) in [6.07, 6.45) is 2.60. The van der Waals surface area contributed by atoms with Crippen molar-refractivity contribution in [1.29, 1.82) is 0 Å². The molecule has 2 rings (SSSR count). The van der Waals surface area contributed by atoms with E-state index < -0.39 is 0 Å². The van der Waals surface area contributed by atoms with E-state index in [1.165, 1.54) is 43.7 Å². The molecule has 1 aliphatic heterocycles. The molecule has 2 N–H and O–H groups in total. The number of rotatable bonds is 4. The van der Waals surface area contributed by atoms with E-state index in [-0.39, 0.29) is 6.04 Å². The predicted molar refractivity (Wildman–Crippen MR) is 82.5 cm³/mol. The fourth-order valence-electron chi connectivity index (χ4n) is 2.88. The zero-order valence-electron chi connectivity index (χ0n) is 12.5. The van der Waals surface area contributed by atoms with Crippen molar-refractivity contribution in [1.82, 2.24) is 4.90 Å². The Morgan fingerprint density at radius 3 is 2.26 bits per heavy atom. The normalized spacial score (nSPS) is 18.9. The molecule has 0 bridgehead atoms. The molecule has 1 aromatic carbocycles. The molecule has 0 amide bonds. The van der Waals surface area contributed by atoms with Gasteiger partial charge in [0.25, 0.3) is 0 Å². The highest BCUT2D eigenvalue weighted by Crippen LogP contribution is 2.24. The van der Waals surface area contributed by atoms with Crippen molar-refractivity contribution in [3.05, 3.63) is 29.8 Å². The molecule has 1 unspecified atom stereocenters. The van der Waals surface area contributed by atoms with Gasteiger partial charge in [-0.1, -0.05) is 12.1 Å². The predicted octanol–water partition coefficient (Wildman–Crippen LogP) is 2.48. The highest BCUT2D eigenvalue weighted by molar-refractivity contribution is 5.48. The third-order valence-electron chi connectivity index (χ3n) is 4.02. The molecule has 1 aliphatic rings. The van der Waals surface area contributed by atoms with Crippen LogP contribution in [-0.4, -0.2) is 38.6 Å². The van der Waals surface area contributed by atoms with Crippen LogP contribution in [0.4, 0.5) is 5.69 Å². The van der Waals surface area contributed by atoms with Crippen molar-refractivity contribution in [2.75, 3.05) is 38.6 Å². The molecule has 19 heavy (non-hydrogen) atoms. The summed E-state index contributed by atoms with van der Waals surface area (Å²) in [5, 5.41) is 0. The monoisotopic (exact) mass is 261 g/mol. The third kappa shape index (κ3) is 3.95. The van der Waals surface area contributed by atoms with Crippen molar-refractivity contribution in [3.63, 3.8) is 0 Å². The fraction of sp³-hybridized carbons (Fsp3) is 0.625. The highest BCUT2D eigenvalue weighted by atomic mass is 15.1. The molecule has 0 radical (unpaired) electrons. The SMILES string of the molecule is CC(N)c1ccc(N2CCC(CN(C)C)CC2)cc1. The van der Waals surface area contributed by atoms with Gasteiger partial charge in [-0.3, -0.25) is 0 Å². The van der Waals surface area contributed by atoms with Gasteiger partial charge in [-0.15, -0.1) is 0 Å². The van der Waals surface area contributed by atoms with Gasteiger partial charge in [-0.05, 0) is 57.5 Å². The molecule has 0 aromatic heterocycles. The molecule has 1 heterocycles. The van der Waals surface area contributed by atoms with Crippen LogP contribution in [0.3, 0.4) is 0 Å². The maximum atomic E-state index is 5.89. The summed E-state index contributed by atoms with van der Waals surface area (Å²) in [4.78, 5) is 4.80. The lowest BCUT2D eigenvalue weighted by molar-refractivity contribution is 0.285. The minimum Gasteiger partial charge on any atom is -0.372 e. The van der Waals surface area contributed by atoms with Crippen molar-refractivity contribution < 1.29 is 0 Å². The van der Waals surface area contributed by atoms with Gasteiger partial charge in [-0.25, -0.2) is 0 Å². The minimum absolute atomic E-state index is 0.125. The molecule has 1 saturated heterocycles. The van der Waals surface area contributed by atoms with E-state index in [1.54, 1.807) is 0 Å². The summed E-state index contributed by atoms with van der Waals surface area (Å²) in [7, 11) is 4.33. The Labute approximate surface area is 117 Å². The molecule has 0 spiro atoms. The quantitative estimate of drug-likeness (QED) is 0.904. The van der Waals surface area contributed by atoms with Crippen LogP contribution in [0.1, 0.15) is 31.4 Å². The average Bonchev–Trinajstić information content (AvgIpc) is 2.39. The first-order chi connectivity index (χ1) is 9.06. The Balaban J connectivity index is 1.90. The molecule has 106 valence electrons. The van der Waals surface area contributed by atoms with Gasteiger partial charge in [0.05, 0.1) is 0 Å². The van der Waals surface area contributed by atoms with Gasteiger partial charge < -0.3 is 15.5 Å². The maximum absolute atomic E-state index is 5.89. The highest BCUT2D eigenvalue weighted by Gasteiger charge is 2.19. The molecule has 1 aromatic rings. The van der Waals surface area contributed by atoms with E-state index in [0.717, 1.165) is 5.92 Å².